The smallest absolute Gasteiger partial charge is 0.377 e. The van der Waals surface area contributed by atoms with Gasteiger partial charge in [0.15, 0.2) is 12.2 Å². The van der Waals surface area contributed by atoms with Crippen LogP contribution >= 0.6 is 0 Å². The first-order chi connectivity index (χ1) is 27.7. The van der Waals surface area contributed by atoms with Gasteiger partial charge in [-0.15, -0.1) is 0 Å². The summed E-state index contributed by atoms with van der Waals surface area (Å²) >= 11 is 0. The van der Waals surface area contributed by atoms with E-state index in [0.717, 1.165) is 6.92 Å². The van der Waals surface area contributed by atoms with Crippen molar-refractivity contribution in [1.29, 1.82) is 0 Å². The van der Waals surface area contributed by atoms with E-state index >= 15 is 0 Å². The fourth-order valence-corrected chi connectivity index (χ4v) is 3.86. The Hall–Kier alpha value is -3.21. The highest BCUT2D eigenvalue weighted by atomic mass is 19.4. The third kappa shape index (κ3) is 18.9. The number of amides is 4. The number of rotatable bonds is 25. The van der Waals surface area contributed by atoms with E-state index in [0.29, 0.717) is 0 Å². The van der Waals surface area contributed by atoms with Crippen LogP contribution in [-0.4, -0.2) is 157 Å². The molecule has 0 aromatic heterocycles. The lowest BCUT2D eigenvalue weighted by Gasteiger charge is -2.36. The third-order valence-corrected chi connectivity index (χ3v) is 6.88. The van der Waals surface area contributed by atoms with Crippen molar-refractivity contribution < 1.29 is 135 Å². The molecule has 34 heteroatoms. The van der Waals surface area contributed by atoms with Crippen LogP contribution in [-0.2, 0) is 33.2 Å². The molecule has 0 spiro atoms. The van der Waals surface area contributed by atoms with Crippen LogP contribution in [0.4, 0.5) is 102 Å². The van der Waals surface area contributed by atoms with Crippen molar-refractivity contribution in [2.24, 2.45) is 0 Å². The molecule has 0 rings (SSSR count). The molecule has 0 saturated carbocycles. The van der Waals surface area contributed by atoms with Crippen LogP contribution < -0.4 is 21.3 Å². The SMILES string of the molecule is COC(F)(C(F)(F)F)C(F)(F)OC(CNC(=O)NC(C)COC(C)COCCOCC(C)NC(=O)NCC(OC(F)(F)C(F)(OCC(F)(F)F)C(F)(F)F)C(F)(F)F)C(F)(F)F. The number of urea groups is 2. The molecule has 0 radical (unpaired) electrons. The number of halogens is 21. The average Bonchev–Trinajstić information content (AvgIpc) is 3.08. The first kappa shape index (κ1) is 58.8. The standard InChI is InChI=1S/C28H37F21N4O9/c1-13(52-18(54)50-8-17(22(35,36)37)62-28(48,49)24(39,26(43,44)45)60-12-20(29,30)31)9-57-5-6-58-11-15(3)59-10-14(2)53-19(55)51-7-16(21(32,33)34)61-27(46,47)23(38,56-4)25(40,41)42/h13-17H,5-12H2,1-4H3,(H2,50,52,54)(H2,51,53,55). The van der Waals surface area contributed by atoms with Crippen molar-refractivity contribution in [1.82, 2.24) is 21.3 Å². The molecule has 4 amide bonds. The van der Waals surface area contributed by atoms with Crippen molar-refractivity contribution in [2.45, 2.75) is 106 Å². The molecular weight excluding hydrogens is 935 g/mol. The van der Waals surface area contributed by atoms with E-state index in [1.165, 1.54) is 24.5 Å². The van der Waals surface area contributed by atoms with Gasteiger partial charge in [0.25, 0.3) is 0 Å². The summed E-state index contributed by atoms with van der Waals surface area (Å²) in [5.41, 5.74) is 0. The number of ether oxygens (including phenoxy) is 7. The number of carbonyl (C=O) groups excluding carboxylic acids is 2. The molecule has 0 heterocycles. The summed E-state index contributed by atoms with van der Waals surface area (Å²) in [5.74, 6) is -12.7. The number of hydrogen-bond donors (Lipinski definition) is 4. The minimum absolute atomic E-state index is 0.213. The van der Waals surface area contributed by atoms with Crippen LogP contribution in [0.15, 0.2) is 0 Å². The Morgan fingerprint density at radius 2 is 0.903 bits per heavy atom. The van der Waals surface area contributed by atoms with E-state index in [1.54, 1.807) is 0 Å². The van der Waals surface area contributed by atoms with Crippen LogP contribution in [0.1, 0.15) is 20.8 Å². The first-order valence-electron chi connectivity index (χ1n) is 16.5. The second kappa shape index (κ2) is 22.6. The molecule has 7 atom stereocenters. The molecule has 62 heavy (non-hydrogen) atoms. The second-order valence-corrected chi connectivity index (χ2v) is 12.4. The van der Waals surface area contributed by atoms with Gasteiger partial charge in [-0.25, -0.2) is 9.59 Å². The molecule has 13 nitrogen and oxygen atoms in total. The van der Waals surface area contributed by atoms with E-state index < -0.39 is 124 Å². The number of nitrogens with one attached hydrogen (secondary N) is 4. The molecule has 0 bridgehead atoms. The molecule has 7 unspecified atom stereocenters. The zero-order valence-electron chi connectivity index (χ0n) is 31.7. The van der Waals surface area contributed by atoms with E-state index in [1.807, 2.05) is 10.6 Å². The minimum Gasteiger partial charge on any atom is -0.377 e. The maximum absolute atomic E-state index is 14.1. The van der Waals surface area contributed by atoms with Crippen molar-refractivity contribution in [3.05, 3.63) is 0 Å². The molecule has 0 aliphatic heterocycles. The van der Waals surface area contributed by atoms with E-state index in [4.69, 9.17) is 14.2 Å². The van der Waals surface area contributed by atoms with Crippen LogP contribution in [0.2, 0.25) is 0 Å². The summed E-state index contributed by atoms with van der Waals surface area (Å²) < 4.78 is 304. The Balaban J connectivity index is 4.79. The van der Waals surface area contributed by atoms with Crippen molar-refractivity contribution >= 4 is 12.1 Å². The summed E-state index contributed by atoms with van der Waals surface area (Å²) in [6.07, 6.45) is -53.2. The summed E-state index contributed by atoms with van der Waals surface area (Å²) in [4.78, 5) is 23.9. The highest BCUT2D eigenvalue weighted by Crippen LogP contribution is 2.50. The van der Waals surface area contributed by atoms with Crippen LogP contribution in [0, 0.1) is 0 Å². The number of carbonyl (C=O) groups is 2. The van der Waals surface area contributed by atoms with Gasteiger partial charge in [0.05, 0.1) is 64.3 Å². The average molecular weight is 973 g/mol. The molecule has 0 aliphatic carbocycles. The highest BCUT2D eigenvalue weighted by Gasteiger charge is 2.77. The number of hydrogen-bond acceptors (Lipinski definition) is 9. The van der Waals surface area contributed by atoms with E-state index in [2.05, 4.69) is 18.9 Å². The largest absolute Gasteiger partial charge is 0.457 e. The molecule has 0 aromatic carbocycles. The predicted molar refractivity (Wildman–Crippen MR) is 160 cm³/mol. The predicted octanol–water partition coefficient (Wildman–Crippen LogP) is 6.56. The van der Waals surface area contributed by atoms with Gasteiger partial charge in [-0.2, -0.15) is 92.2 Å². The van der Waals surface area contributed by atoms with E-state index in [9.17, 15) is 102 Å². The molecule has 0 saturated heterocycles. The topological polar surface area (TPSA) is 147 Å². The molecule has 370 valence electrons. The fourth-order valence-electron chi connectivity index (χ4n) is 3.86. The lowest BCUT2D eigenvalue weighted by Crippen LogP contribution is -2.62. The Labute approximate surface area is 334 Å². The van der Waals surface area contributed by atoms with Crippen LogP contribution in [0.25, 0.3) is 0 Å². The summed E-state index contributed by atoms with van der Waals surface area (Å²) in [7, 11) is -0.213. The van der Waals surface area contributed by atoms with Crippen LogP contribution in [0.5, 0.6) is 0 Å². The third-order valence-electron chi connectivity index (χ3n) is 6.88. The van der Waals surface area contributed by atoms with Crippen molar-refractivity contribution in [2.75, 3.05) is 59.8 Å². The van der Waals surface area contributed by atoms with Gasteiger partial charge in [-0.05, 0) is 20.8 Å². The molecular formula is C28H37F21N4O9. The second-order valence-electron chi connectivity index (χ2n) is 12.4. The van der Waals surface area contributed by atoms with Gasteiger partial charge in [0.2, 0.25) is 0 Å². The normalized spacial score (nSPS) is 18.1. The number of alkyl halides is 21. The quantitative estimate of drug-likeness (QED) is 0.0591. The van der Waals surface area contributed by atoms with Gasteiger partial charge in [-0.3, -0.25) is 0 Å². The Morgan fingerprint density at radius 3 is 1.26 bits per heavy atom. The summed E-state index contributed by atoms with van der Waals surface area (Å²) in [6, 6.07) is -5.25. The molecule has 0 aliphatic rings. The van der Waals surface area contributed by atoms with Gasteiger partial charge in [0, 0.05) is 7.11 Å². The highest BCUT2D eigenvalue weighted by molar-refractivity contribution is 5.74. The van der Waals surface area contributed by atoms with Gasteiger partial charge in [-0.1, -0.05) is 0 Å². The van der Waals surface area contributed by atoms with E-state index in [-0.39, 0.29) is 33.5 Å². The van der Waals surface area contributed by atoms with Crippen molar-refractivity contribution in [3.8, 4) is 0 Å². The summed E-state index contributed by atoms with van der Waals surface area (Å²) in [5, 5.41) is 6.60. The zero-order valence-corrected chi connectivity index (χ0v) is 31.7. The molecule has 4 N–H and O–H groups in total. The van der Waals surface area contributed by atoms with Gasteiger partial charge in [0.1, 0.15) is 6.61 Å². The molecule has 0 aromatic rings. The fraction of sp³-hybridized carbons (Fsp3) is 0.929. The lowest BCUT2D eigenvalue weighted by atomic mass is 10.2. The van der Waals surface area contributed by atoms with Crippen molar-refractivity contribution in [3.63, 3.8) is 0 Å². The zero-order chi connectivity index (χ0) is 49.0. The Morgan fingerprint density at radius 1 is 0.532 bits per heavy atom. The Bertz CT molecular complexity index is 1370. The van der Waals surface area contributed by atoms with Gasteiger partial charge >= 0.3 is 66.9 Å². The Kier molecular flexibility index (Phi) is 21.4. The number of methoxy groups -OCH3 is 1. The first-order valence-corrected chi connectivity index (χ1v) is 16.5. The maximum Gasteiger partial charge on any atom is 0.457 e. The van der Waals surface area contributed by atoms with Crippen LogP contribution in [0.3, 0.4) is 0 Å². The minimum atomic E-state index is -7.07. The summed E-state index contributed by atoms with van der Waals surface area (Å²) in [6.45, 7) is -5.12. The maximum atomic E-state index is 14.1. The monoisotopic (exact) mass is 972 g/mol. The molecule has 0 fully saturated rings. The lowest BCUT2D eigenvalue weighted by molar-refractivity contribution is -0.479. The van der Waals surface area contributed by atoms with Gasteiger partial charge < -0.3 is 54.4 Å².